The predicted molar refractivity (Wildman–Crippen MR) is 296 cm³/mol. The lowest BCUT2D eigenvalue weighted by molar-refractivity contribution is 1.29. The first-order chi connectivity index (χ1) is 35.6. The molecule has 0 fully saturated rings. The van der Waals surface area contributed by atoms with Gasteiger partial charge in [-0.1, -0.05) is 182 Å². The minimum Gasteiger partial charge on any atom is -0.310 e. The number of nitrogens with zero attached hydrogens (tertiary/aromatic N) is 4. The summed E-state index contributed by atoms with van der Waals surface area (Å²) in [6.07, 6.45) is 0. The number of hydrogen-bond acceptors (Lipinski definition) is 2. The Morgan fingerprint density at radius 3 is 0.957 bits per heavy atom. The molecule has 4 heterocycles. The van der Waals surface area contributed by atoms with Gasteiger partial charge in [-0.3, -0.25) is 0 Å². The third kappa shape index (κ3) is 5.36. The van der Waals surface area contributed by atoms with E-state index < -0.39 is 0 Å². The van der Waals surface area contributed by atoms with Crippen LogP contribution in [0.5, 0.6) is 0 Å². The van der Waals surface area contributed by atoms with E-state index in [9.17, 15) is 0 Å². The van der Waals surface area contributed by atoms with E-state index >= 15 is 0 Å². The zero-order chi connectivity index (χ0) is 47.6. The number of rotatable bonds is 8. The maximum Gasteiger partial charge on any atom is 0.0634 e. The predicted octanol–water partition coefficient (Wildman–Crippen LogP) is 18.3. The Balaban J connectivity index is 1.14. The molecule has 0 N–H and O–H groups in total. The number of anilines is 6. The second kappa shape index (κ2) is 15.1. The molecule has 0 spiro atoms. The summed E-state index contributed by atoms with van der Waals surface area (Å²) in [5, 5.41) is 9.55. The van der Waals surface area contributed by atoms with Crippen molar-refractivity contribution in [3.63, 3.8) is 0 Å². The molecule has 15 rings (SSSR count). The number of benzene rings is 11. The van der Waals surface area contributed by atoms with E-state index in [1.54, 1.807) is 0 Å². The lowest BCUT2D eigenvalue weighted by Crippen LogP contribution is -2.10. The van der Waals surface area contributed by atoms with Crippen LogP contribution in [0.3, 0.4) is 0 Å². The summed E-state index contributed by atoms with van der Waals surface area (Å²) in [6.45, 7) is 0. The van der Waals surface area contributed by atoms with Crippen LogP contribution in [-0.2, 0) is 0 Å². The normalized spacial score (nSPS) is 12.4. The topological polar surface area (TPSA) is 15.3 Å². The second-order valence-corrected chi connectivity index (χ2v) is 18.2. The molecule has 0 aliphatic carbocycles. The average molecular weight is 893 g/mol. The van der Waals surface area contributed by atoms with E-state index in [0.29, 0.717) is 12.1 Å². The van der Waals surface area contributed by atoms with Gasteiger partial charge in [0.25, 0.3) is 0 Å². The molecular formula is C66H42N4. The fraction of sp³-hybridized carbons (Fsp3) is 0. The fourth-order valence-corrected chi connectivity index (χ4v) is 12.0. The average Bonchev–Trinajstić information content (AvgIpc) is 4.19. The zero-order valence-corrected chi connectivity index (χ0v) is 37.9. The van der Waals surface area contributed by atoms with Gasteiger partial charge in [-0.05, 0) is 83.9 Å². The van der Waals surface area contributed by atoms with Crippen LogP contribution in [0.4, 0.5) is 34.1 Å². The molecule has 0 amide bonds. The van der Waals surface area contributed by atoms with Crippen LogP contribution in [-0.4, -0.2) is 8.80 Å². The maximum atomic E-state index is 8.38. The number of fused-ring (bicyclic) bond motifs is 12. The van der Waals surface area contributed by atoms with Crippen molar-refractivity contribution in [2.24, 2.45) is 0 Å². The highest BCUT2D eigenvalue weighted by molar-refractivity contribution is 6.39. The van der Waals surface area contributed by atoms with Crippen molar-refractivity contribution in [3.8, 4) is 22.3 Å². The summed E-state index contributed by atoms with van der Waals surface area (Å²) in [5.74, 6) is 0. The van der Waals surface area contributed by atoms with Crippen LogP contribution in [0.15, 0.2) is 255 Å². The van der Waals surface area contributed by atoms with Crippen LogP contribution in [0.1, 0.15) is 2.74 Å². The molecule has 0 saturated carbocycles. The van der Waals surface area contributed by atoms with Gasteiger partial charge in [0.1, 0.15) is 0 Å². The molecule has 0 aliphatic rings. The van der Waals surface area contributed by atoms with Gasteiger partial charge in [0.05, 0.1) is 47.2 Å². The Hall–Kier alpha value is -9.38. The van der Waals surface area contributed by atoms with Crippen molar-refractivity contribution in [2.45, 2.75) is 0 Å². The van der Waals surface area contributed by atoms with Crippen molar-refractivity contribution in [2.75, 3.05) is 9.80 Å². The van der Waals surface area contributed by atoms with Gasteiger partial charge in [-0.15, -0.1) is 0 Å². The molecule has 4 heteroatoms. The molecule has 0 bridgehead atoms. The van der Waals surface area contributed by atoms with E-state index in [-0.39, 0.29) is 0 Å². The summed E-state index contributed by atoms with van der Waals surface area (Å²) in [4.78, 5) is 4.68. The largest absolute Gasteiger partial charge is 0.310 e. The Morgan fingerprint density at radius 1 is 0.271 bits per heavy atom. The fourth-order valence-electron chi connectivity index (χ4n) is 12.0. The van der Waals surface area contributed by atoms with Crippen LogP contribution >= 0.6 is 0 Å². The second-order valence-electron chi connectivity index (χ2n) is 18.2. The van der Waals surface area contributed by atoms with Crippen molar-refractivity contribution >= 4 is 110 Å². The maximum absolute atomic E-state index is 8.38. The lowest BCUT2D eigenvalue weighted by Gasteiger charge is -2.26. The standard InChI is InChI=1S/C66H42N4/c1-7-23-43(24-8-1)57-61-51-37-19-35-49-60-54(68(47-31-15-5-16-32-47)48-33-17-6-18-34-48)40-22-42-56(60)70(63(49)51)66(61)58(44-25-9-2-10-26-44)62-52-38-20-36-50-59-53(39-21-41-55(59)69(64(50)52)65(57)62)67(45-27-11-3-12-28-45)46-29-13-4-14-30-46/h1-42H/i3D,5D. The monoisotopic (exact) mass is 892 g/mol. The number of hydrogen-bond donors (Lipinski definition) is 0. The third-order valence-electron chi connectivity index (χ3n) is 14.6. The molecule has 70 heavy (non-hydrogen) atoms. The van der Waals surface area contributed by atoms with E-state index in [0.717, 1.165) is 56.3 Å². The highest BCUT2D eigenvalue weighted by atomic mass is 15.2. The summed E-state index contributed by atoms with van der Waals surface area (Å²) in [7, 11) is 0. The summed E-state index contributed by atoms with van der Waals surface area (Å²) in [5.41, 5.74) is 18.0. The van der Waals surface area contributed by atoms with Crippen molar-refractivity contribution in [1.82, 2.24) is 8.80 Å². The molecule has 0 aliphatic heterocycles. The smallest absolute Gasteiger partial charge is 0.0634 e. The molecule has 0 unspecified atom stereocenters. The summed E-state index contributed by atoms with van der Waals surface area (Å²) >= 11 is 0. The SMILES string of the molecule is [2H]c1ccc(N(c2ccccc2)c2cccc3c2c2cccc4c5c(-c6ccccc6)c6c(c(-c7ccccc7)c5n3c24)c2cccc3c4c(N(c5ccccc5)c5ccc([2H])cc5)cccc4n6c32)cc1. The first-order valence-electron chi connectivity index (χ1n) is 24.9. The van der Waals surface area contributed by atoms with Gasteiger partial charge < -0.3 is 18.6 Å². The van der Waals surface area contributed by atoms with E-state index in [1.165, 1.54) is 76.3 Å². The van der Waals surface area contributed by atoms with E-state index in [4.69, 9.17) is 2.74 Å². The highest BCUT2D eigenvalue weighted by Crippen LogP contribution is 2.56. The Morgan fingerprint density at radius 2 is 0.586 bits per heavy atom. The van der Waals surface area contributed by atoms with Crippen molar-refractivity contribution < 1.29 is 2.74 Å². The number of para-hydroxylation sites is 6. The van der Waals surface area contributed by atoms with Gasteiger partial charge in [-0.2, -0.15) is 0 Å². The van der Waals surface area contributed by atoms with Crippen molar-refractivity contribution in [3.05, 3.63) is 255 Å². The first kappa shape index (κ1) is 36.7. The van der Waals surface area contributed by atoms with Gasteiger partial charge >= 0.3 is 0 Å². The summed E-state index contributed by atoms with van der Waals surface area (Å²) < 4.78 is 21.9. The molecule has 326 valence electrons. The van der Waals surface area contributed by atoms with Gasteiger partial charge in [-0.25, -0.2) is 0 Å². The van der Waals surface area contributed by atoms with Crippen LogP contribution in [0.2, 0.25) is 0 Å². The quantitative estimate of drug-likeness (QED) is 0.151. The highest BCUT2D eigenvalue weighted by Gasteiger charge is 2.32. The van der Waals surface area contributed by atoms with Gasteiger partial charge in [0.15, 0.2) is 0 Å². The lowest BCUT2D eigenvalue weighted by atomic mass is 9.89. The van der Waals surface area contributed by atoms with Gasteiger partial charge in [0.2, 0.25) is 0 Å². The minimum atomic E-state index is 0.480. The molecular weight excluding hydrogens is 849 g/mol. The van der Waals surface area contributed by atoms with Crippen molar-refractivity contribution in [1.29, 1.82) is 0 Å². The zero-order valence-electron chi connectivity index (χ0n) is 39.9. The van der Waals surface area contributed by atoms with Crippen LogP contribution < -0.4 is 9.80 Å². The third-order valence-corrected chi connectivity index (χ3v) is 14.6. The molecule has 15 aromatic rings. The molecule has 11 aromatic carbocycles. The Bertz CT molecular complexity index is 4250. The Kier molecular flexibility index (Phi) is 7.90. The molecule has 4 nitrogen and oxygen atoms in total. The van der Waals surface area contributed by atoms with E-state index in [2.05, 4.69) is 237 Å². The molecule has 0 radical (unpaired) electrons. The van der Waals surface area contributed by atoms with E-state index in [1.807, 2.05) is 24.3 Å². The van der Waals surface area contributed by atoms with Gasteiger partial charge in [0, 0.05) is 77.0 Å². The van der Waals surface area contributed by atoms with Crippen LogP contribution in [0.25, 0.3) is 98.4 Å². The van der Waals surface area contributed by atoms with Crippen LogP contribution in [0, 0.1) is 0 Å². The summed E-state index contributed by atoms with van der Waals surface area (Å²) in [6, 6.07) is 87.2. The Labute approximate surface area is 406 Å². The number of aromatic nitrogens is 2. The molecule has 4 aromatic heterocycles. The first-order valence-corrected chi connectivity index (χ1v) is 23.9. The molecule has 0 atom stereocenters. The minimum absolute atomic E-state index is 0.480. The molecule has 0 saturated heterocycles.